The molecule has 0 aliphatic heterocycles. The van der Waals surface area contributed by atoms with Crippen molar-refractivity contribution in [2.45, 2.75) is 26.3 Å². The Hall–Kier alpha value is -1.86. The van der Waals surface area contributed by atoms with E-state index < -0.39 is 0 Å². The highest BCUT2D eigenvalue weighted by Gasteiger charge is 2.06. The Morgan fingerprint density at radius 3 is 2.89 bits per heavy atom. The van der Waals surface area contributed by atoms with Crippen LogP contribution >= 0.6 is 11.3 Å². The molecular formula is C14H15N3S. The van der Waals surface area contributed by atoms with E-state index in [0.29, 0.717) is 11.7 Å². The Labute approximate surface area is 111 Å². The summed E-state index contributed by atoms with van der Waals surface area (Å²) >= 11 is 1.82. The molecule has 0 aliphatic rings. The molecule has 1 unspecified atom stereocenters. The molecule has 0 bridgehead atoms. The molecule has 2 rings (SSSR count). The summed E-state index contributed by atoms with van der Waals surface area (Å²) in [6.07, 6.45) is 0.969. The van der Waals surface area contributed by atoms with Crippen LogP contribution in [0.5, 0.6) is 0 Å². The van der Waals surface area contributed by atoms with Crippen LogP contribution < -0.4 is 5.32 Å². The molecule has 0 fully saturated rings. The largest absolute Gasteiger partial charge is 0.367 e. The van der Waals surface area contributed by atoms with E-state index in [2.05, 4.69) is 36.3 Å². The number of rotatable bonds is 4. The Bertz CT molecular complexity index is 568. The van der Waals surface area contributed by atoms with Gasteiger partial charge in [-0.3, -0.25) is 0 Å². The van der Waals surface area contributed by atoms with Gasteiger partial charge in [0.15, 0.2) is 0 Å². The first-order valence-corrected chi connectivity index (χ1v) is 6.68. The van der Waals surface area contributed by atoms with Gasteiger partial charge in [-0.15, -0.1) is 11.3 Å². The van der Waals surface area contributed by atoms with Crippen molar-refractivity contribution >= 4 is 17.2 Å². The fourth-order valence-corrected chi connectivity index (χ4v) is 2.80. The molecule has 2 aromatic rings. The van der Waals surface area contributed by atoms with E-state index in [-0.39, 0.29) is 0 Å². The van der Waals surface area contributed by atoms with E-state index >= 15 is 0 Å². The van der Waals surface area contributed by atoms with Crippen LogP contribution in [0.1, 0.15) is 22.4 Å². The van der Waals surface area contributed by atoms with Gasteiger partial charge < -0.3 is 5.32 Å². The normalized spacial score (nSPS) is 11.8. The molecule has 0 amide bonds. The fraction of sp³-hybridized carbons (Fsp3) is 0.286. The molecule has 92 valence electrons. The summed E-state index contributed by atoms with van der Waals surface area (Å²) in [5, 5.41) is 12.1. The minimum absolute atomic E-state index is 0.296. The van der Waals surface area contributed by atoms with Gasteiger partial charge in [0.2, 0.25) is 0 Å². The van der Waals surface area contributed by atoms with Crippen LogP contribution in [-0.4, -0.2) is 11.0 Å². The first-order valence-electron chi connectivity index (χ1n) is 5.86. The van der Waals surface area contributed by atoms with Crippen LogP contribution in [-0.2, 0) is 6.42 Å². The van der Waals surface area contributed by atoms with E-state index in [1.165, 1.54) is 9.75 Å². The summed E-state index contributed by atoms with van der Waals surface area (Å²) in [5.41, 5.74) is 0.444. The number of hydrogen-bond donors (Lipinski definition) is 1. The summed E-state index contributed by atoms with van der Waals surface area (Å²) in [4.78, 5) is 6.91. The van der Waals surface area contributed by atoms with E-state index in [4.69, 9.17) is 5.26 Å². The van der Waals surface area contributed by atoms with Gasteiger partial charge in [0.25, 0.3) is 0 Å². The third kappa shape index (κ3) is 3.31. The molecule has 0 radical (unpaired) electrons. The molecule has 2 heterocycles. The van der Waals surface area contributed by atoms with Crippen molar-refractivity contribution in [2.24, 2.45) is 0 Å². The Kier molecular flexibility index (Phi) is 3.96. The minimum atomic E-state index is 0.296. The average Bonchev–Trinajstić information content (AvgIpc) is 2.74. The molecule has 1 N–H and O–H groups in total. The molecule has 4 heteroatoms. The zero-order chi connectivity index (χ0) is 13.0. The molecule has 2 aromatic heterocycles. The molecule has 0 aromatic carbocycles. The van der Waals surface area contributed by atoms with Gasteiger partial charge in [-0.25, -0.2) is 4.98 Å². The van der Waals surface area contributed by atoms with Gasteiger partial charge in [-0.1, -0.05) is 6.07 Å². The van der Waals surface area contributed by atoms with Gasteiger partial charge in [0, 0.05) is 22.2 Å². The number of aryl methyl sites for hydroxylation is 1. The van der Waals surface area contributed by atoms with Crippen LogP contribution in [0, 0.1) is 18.3 Å². The van der Waals surface area contributed by atoms with Crippen LogP contribution in [0.15, 0.2) is 30.3 Å². The molecular weight excluding hydrogens is 242 g/mol. The number of aromatic nitrogens is 1. The molecule has 3 nitrogen and oxygen atoms in total. The first kappa shape index (κ1) is 12.6. The van der Waals surface area contributed by atoms with Gasteiger partial charge in [-0.05, 0) is 38.1 Å². The monoisotopic (exact) mass is 257 g/mol. The number of thiophene rings is 1. The second-order valence-electron chi connectivity index (χ2n) is 4.28. The fourth-order valence-electron chi connectivity index (χ4n) is 1.78. The van der Waals surface area contributed by atoms with Gasteiger partial charge in [-0.2, -0.15) is 5.26 Å². The number of anilines is 1. The lowest BCUT2D eigenvalue weighted by Gasteiger charge is -2.13. The van der Waals surface area contributed by atoms with E-state index in [1.807, 2.05) is 29.5 Å². The quantitative estimate of drug-likeness (QED) is 0.913. The zero-order valence-corrected chi connectivity index (χ0v) is 11.3. The molecule has 0 saturated heterocycles. The average molecular weight is 257 g/mol. The number of pyridine rings is 1. The predicted molar refractivity (Wildman–Crippen MR) is 74.8 cm³/mol. The zero-order valence-electron chi connectivity index (χ0n) is 10.5. The van der Waals surface area contributed by atoms with Crippen LogP contribution in [0.3, 0.4) is 0 Å². The first-order chi connectivity index (χ1) is 8.67. The summed E-state index contributed by atoms with van der Waals surface area (Å²) in [6.45, 7) is 4.24. The third-order valence-corrected chi connectivity index (χ3v) is 3.58. The van der Waals surface area contributed by atoms with Crippen molar-refractivity contribution in [3.05, 3.63) is 45.8 Å². The second kappa shape index (κ2) is 5.65. The number of nitrogens with one attached hydrogen (secondary N) is 1. The van der Waals surface area contributed by atoms with Crippen molar-refractivity contribution in [3.63, 3.8) is 0 Å². The van der Waals surface area contributed by atoms with E-state index in [9.17, 15) is 0 Å². The predicted octanol–water partition coefficient (Wildman–Crippen LogP) is 3.37. The second-order valence-corrected chi connectivity index (χ2v) is 5.65. The summed E-state index contributed by atoms with van der Waals surface area (Å²) < 4.78 is 0. The van der Waals surface area contributed by atoms with Crippen molar-refractivity contribution in [1.82, 2.24) is 4.98 Å². The third-order valence-electron chi connectivity index (χ3n) is 2.56. The SMILES string of the molecule is Cc1ccc(CC(C)Nc2cccc(C#N)n2)s1. The topological polar surface area (TPSA) is 48.7 Å². The van der Waals surface area contributed by atoms with Crippen molar-refractivity contribution < 1.29 is 0 Å². The van der Waals surface area contributed by atoms with Crippen molar-refractivity contribution in [2.75, 3.05) is 5.32 Å². The highest BCUT2D eigenvalue weighted by molar-refractivity contribution is 7.11. The number of nitrogens with zero attached hydrogens (tertiary/aromatic N) is 2. The van der Waals surface area contributed by atoms with Gasteiger partial charge in [0.1, 0.15) is 17.6 Å². The molecule has 0 aliphatic carbocycles. The highest BCUT2D eigenvalue weighted by atomic mass is 32.1. The van der Waals surface area contributed by atoms with E-state index in [0.717, 1.165) is 12.2 Å². The van der Waals surface area contributed by atoms with Crippen LogP contribution in [0.2, 0.25) is 0 Å². The van der Waals surface area contributed by atoms with Gasteiger partial charge >= 0.3 is 0 Å². The standard InChI is InChI=1S/C14H15N3S/c1-10(8-13-7-6-11(2)18-13)16-14-5-3-4-12(9-15)17-14/h3-7,10H,8H2,1-2H3,(H,16,17). The molecule has 18 heavy (non-hydrogen) atoms. The minimum Gasteiger partial charge on any atom is -0.367 e. The molecule has 1 atom stereocenters. The van der Waals surface area contributed by atoms with Crippen LogP contribution in [0.4, 0.5) is 5.82 Å². The molecule has 0 saturated carbocycles. The molecule has 0 spiro atoms. The van der Waals surface area contributed by atoms with Crippen LogP contribution in [0.25, 0.3) is 0 Å². The lowest BCUT2D eigenvalue weighted by atomic mass is 10.2. The Morgan fingerprint density at radius 2 is 2.22 bits per heavy atom. The lowest BCUT2D eigenvalue weighted by molar-refractivity contribution is 0.794. The Balaban J connectivity index is 1.98. The van der Waals surface area contributed by atoms with Crippen molar-refractivity contribution in [1.29, 1.82) is 5.26 Å². The number of nitriles is 1. The maximum Gasteiger partial charge on any atom is 0.142 e. The summed E-state index contributed by atoms with van der Waals surface area (Å²) in [5.74, 6) is 0.759. The highest BCUT2D eigenvalue weighted by Crippen LogP contribution is 2.18. The van der Waals surface area contributed by atoms with Crippen molar-refractivity contribution in [3.8, 4) is 6.07 Å². The maximum absolute atomic E-state index is 8.80. The van der Waals surface area contributed by atoms with E-state index in [1.54, 1.807) is 6.07 Å². The summed E-state index contributed by atoms with van der Waals surface area (Å²) in [6, 6.07) is 12.1. The number of hydrogen-bond acceptors (Lipinski definition) is 4. The smallest absolute Gasteiger partial charge is 0.142 e. The maximum atomic E-state index is 8.80. The summed E-state index contributed by atoms with van der Waals surface area (Å²) in [7, 11) is 0. The van der Waals surface area contributed by atoms with Gasteiger partial charge in [0.05, 0.1) is 0 Å². The Morgan fingerprint density at radius 1 is 1.39 bits per heavy atom. The lowest BCUT2D eigenvalue weighted by Crippen LogP contribution is -2.18.